The van der Waals surface area contributed by atoms with Crippen molar-refractivity contribution in [2.75, 3.05) is 13.2 Å². The van der Waals surface area contributed by atoms with Crippen LogP contribution in [0.15, 0.2) is 24.3 Å². The van der Waals surface area contributed by atoms with Gasteiger partial charge in [-0.05, 0) is 12.1 Å². The van der Waals surface area contributed by atoms with E-state index >= 15 is 0 Å². The minimum Gasteiger partial charge on any atom is -0.490 e. The number of hydrogen-bond acceptors (Lipinski definition) is 2. The van der Waals surface area contributed by atoms with Gasteiger partial charge in [-0.15, -0.1) is 13.2 Å². The van der Waals surface area contributed by atoms with Crippen LogP contribution in [0.4, 0.5) is 13.2 Å². The molecule has 0 unspecified atom stereocenters. The first-order chi connectivity index (χ1) is 6.99. The molecule has 0 aromatic heterocycles. The highest BCUT2D eigenvalue weighted by Crippen LogP contribution is 2.23. The van der Waals surface area contributed by atoms with Gasteiger partial charge in [0, 0.05) is 0 Å². The number of rotatable bonds is 4. The first-order valence-corrected chi connectivity index (χ1v) is 4.45. The first-order valence-electron chi connectivity index (χ1n) is 4.07. The molecule has 0 heterocycles. The summed E-state index contributed by atoms with van der Waals surface area (Å²) in [6, 6.07) is 6.52. The number of halogens is 4. The molecule has 0 radical (unpaired) electrons. The van der Waals surface area contributed by atoms with E-state index in [2.05, 4.69) is 4.74 Å². The van der Waals surface area contributed by atoms with Gasteiger partial charge in [0.25, 0.3) is 0 Å². The second-order valence-corrected chi connectivity index (χ2v) is 2.98. The normalized spacial score (nSPS) is 11.5. The maximum Gasteiger partial charge on any atom is 0.522 e. The number of alkyl halides is 3. The standard InChI is InChI=1S/C9H8ClF3O2/c10-7-3-1-2-4-8(7)14-5-6-15-9(11,12)13/h1-4H,5-6H2. The van der Waals surface area contributed by atoms with E-state index in [9.17, 15) is 13.2 Å². The molecule has 0 aliphatic heterocycles. The van der Waals surface area contributed by atoms with Crippen LogP contribution >= 0.6 is 11.6 Å². The Bertz CT molecular complexity index is 314. The molecule has 15 heavy (non-hydrogen) atoms. The molecular formula is C9H8ClF3O2. The fourth-order valence-electron chi connectivity index (χ4n) is 0.871. The predicted octanol–water partition coefficient (Wildman–Crippen LogP) is 3.26. The maximum atomic E-state index is 11.6. The lowest BCUT2D eigenvalue weighted by molar-refractivity contribution is -0.325. The second kappa shape index (κ2) is 5.23. The molecule has 0 aliphatic carbocycles. The van der Waals surface area contributed by atoms with Crippen molar-refractivity contribution in [2.24, 2.45) is 0 Å². The van der Waals surface area contributed by atoms with Crippen LogP contribution in [0, 0.1) is 0 Å². The van der Waals surface area contributed by atoms with E-state index in [1.165, 1.54) is 0 Å². The third-order valence-electron chi connectivity index (χ3n) is 1.44. The SMILES string of the molecule is FC(F)(F)OCCOc1ccccc1Cl. The maximum absolute atomic E-state index is 11.6. The van der Waals surface area contributed by atoms with E-state index < -0.39 is 13.0 Å². The topological polar surface area (TPSA) is 18.5 Å². The predicted molar refractivity (Wildman–Crippen MR) is 49.0 cm³/mol. The van der Waals surface area contributed by atoms with Crippen molar-refractivity contribution in [2.45, 2.75) is 6.36 Å². The molecule has 0 saturated carbocycles. The molecule has 0 amide bonds. The Morgan fingerprint density at radius 2 is 1.80 bits per heavy atom. The Morgan fingerprint density at radius 3 is 2.40 bits per heavy atom. The minimum absolute atomic E-state index is 0.205. The molecular weight excluding hydrogens is 233 g/mol. The second-order valence-electron chi connectivity index (χ2n) is 2.57. The highest BCUT2D eigenvalue weighted by molar-refractivity contribution is 6.32. The van der Waals surface area contributed by atoms with E-state index in [1.54, 1.807) is 24.3 Å². The summed E-state index contributed by atoms with van der Waals surface area (Å²) in [5, 5.41) is 0.351. The summed E-state index contributed by atoms with van der Waals surface area (Å²) in [6.07, 6.45) is -4.62. The van der Waals surface area contributed by atoms with Gasteiger partial charge < -0.3 is 4.74 Å². The van der Waals surface area contributed by atoms with Crippen LogP contribution in [0.1, 0.15) is 0 Å². The Kier molecular flexibility index (Phi) is 4.23. The van der Waals surface area contributed by atoms with Crippen molar-refractivity contribution in [3.8, 4) is 5.75 Å². The van der Waals surface area contributed by atoms with Crippen molar-refractivity contribution in [3.05, 3.63) is 29.3 Å². The van der Waals surface area contributed by atoms with Crippen LogP contribution in [0.3, 0.4) is 0 Å². The average Bonchev–Trinajstić information content (AvgIpc) is 2.13. The van der Waals surface area contributed by atoms with Gasteiger partial charge in [0.1, 0.15) is 12.4 Å². The summed E-state index contributed by atoms with van der Waals surface area (Å²) in [5.74, 6) is 0.338. The van der Waals surface area contributed by atoms with Crippen LogP contribution in [0.25, 0.3) is 0 Å². The van der Waals surface area contributed by atoms with Crippen molar-refractivity contribution in [1.29, 1.82) is 0 Å². The van der Waals surface area contributed by atoms with Gasteiger partial charge in [-0.1, -0.05) is 23.7 Å². The Morgan fingerprint density at radius 1 is 1.13 bits per heavy atom. The molecule has 0 N–H and O–H groups in total. The Labute approximate surface area is 89.6 Å². The number of para-hydroxylation sites is 1. The lowest BCUT2D eigenvalue weighted by Crippen LogP contribution is -2.18. The molecule has 0 atom stereocenters. The molecule has 6 heteroatoms. The highest BCUT2D eigenvalue weighted by Gasteiger charge is 2.28. The summed E-state index contributed by atoms with van der Waals surface area (Å²) in [7, 11) is 0. The van der Waals surface area contributed by atoms with Crippen molar-refractivity contribution < 1.29 is 22.6 Å². The molecule has 0 bridgehead atoms. The van der Waals surface area contributed by atoms with E-state index in [-0.39, 0.29) is 6.61 Å². The molecule has 84 valence electrons. The van der Waals surface area contributed by atoms with E-state index in [4.69, 9.17) is 16.3 Å². The van der Waals surface area contributed by atoms with Gasteiger partial charge in [-0.25, -0.2) is 0 Å². The smallest absolute Gasteiger partial charge is 0.490 e. The average molecular weight is 241 g/mol. The van der Waals surface area contributed by atoms with Crippen LogP contribution in [-0.2, 0) is 4.74 Å². The van der Waals surface area contributed by atoms with Gasteiger partial charge in [-0.2, -0.15) is 0 Å². The van der Waals surface area contributed by atoms with Crippen LogP contribution in [-0.4, -0.2) is 19.6 Å². The molecule has 1 aromatic rings. The summed E-state index contributed by atoms with van der Waals surface area (Å²) in [6.45, 7) is -0.766. The van der Waals surface area contributed by atoms with Crippen molar-refractivity contribution in [1.82, 2.24) is 0 Å². The number of ether oxygens (including phenoxy) is 2. The van der Waals surface area contributed by atoms with Crippen molar-refractivity contribution in [3.63, 3.8) is 0 Å². The molecule has 0 aliphatic rings. The lowest BCUT2D eigenvalue weighted by atomic mass is 10.3. The lowest BCUT2D eigenvalue weighted by Gasteiger charge is -2.09. The van der Waals surface area contributed by atoms with E-state index in [0.29, 0.717) is 10.8 Å². The highest BCUT2D eigenvalue weighted by atomic mass is 35.5. The molecule has 2 nitrogen and oxygen atoms in total. The van der Waals surface area contributed by atoms with Crippen LogP contribution in [0.2, 0.25) is 5.02 Å². The number of hydrogen-bond donors (Lipinski definition) is 0. The van der Waals surface area contributed by atoms with Gasteiger partial charge >= 0.3 is 6.36 Å². The third-order valence-corrected chi connectivity index (χ3v) is 1.76. The van der Waals surface area contributed by atoms with Gasteiger partial charge in [0.15, 0.2) is 0 Å². The molecule has 1 aromatic carbocycles. The quantitative estimate of drug-likeness (QED) is 0.752. The zero-order valence-corrected chi connectivity index (χ0v) is 8.31. The summed E-state index contributed by atoms with van der Waals surface area (Å²) < 4.78 is 43.2. The van der Waals surface area contributed by atoms with Gasteiger partial charge in [0.2, 0.25) is 0 Å². The van der Waals surface area contributed by atoms with E-state index in [1.807, 2.05) is 0 Å². The number of benzene rings is 1. The Hall–Kier alpha value is -0.940. The fourth-order valence-corrected chi connectivity index (χ4v) is 1.06. The summed E-state index contributed by atoms with van der Waals surface area (Å²) in [4.78, 5) is 0. The summed E-state index contributed by atoms with van der Waals surface area (Å²) in [5.41, 5.74) is 0. The summed E-state index contributed by atoms with van der Waals surface area (Å²) >= 11 is 5.71. The molecule has 0 saturated heterocycles. The third kappa shape index (κ3) is 4.90. The van der Waals surface area contributed by atoms with Gasteiger partial charge in [-0.3, -0.25) is 4.74 Å². The largest absolute Gasteiger partial charge is 0.522 e. The monoisotopic (exact) mass is 240 g/mol. The van der Waals surface area contributed by atoms with Crippen molar-refractivity contribution >= 4 is 11.6 Å². The molecule has 1 rings (SSSR count). The van der Waals surface area contributed by atoms with Gasteiger partial charge in [0.05, 0.1) is 11.6 Å². The van der Waals surface area contributed by atoms with Crippen LogP contribution in [0.5, 0.6) is 5.75 Å². The van der Waals surface area contributed by atoms with Crippen LogP contribution < -0.4 is 4.74 Å². The minimum atomic E-state index is -4.62. The molecule has 0 fully saturated rings. The van der Waals surface area contributed by atoms with E-state index in [0.717, 1.165) is 0 Å². The zero-order valence-electron chi connectivity index (χ0n) is 7.55. The Balaban J connectivity index is 2.30. The fraction of sp³-hybridized carbons (Fsp3) is 0.333. The zero-order chi connectivity index (χ0) is 11.3. The molecule has 0 spiro atoms. The first kappa shape index (κ1) is 12.1.